The van der Waals surface area contributed by atoms with Crippen LogP contribution in [0, 0.1) is 5.92 Å². The minimum absolute atomic E-state index is 0. The first kappa shape index (κ1) is 18.7. The second kappa shape index (κ2) is 7.80. The maximum absolute atomic E-state index is 11.9. The first-order chi connectivity index (χ1) is 9.94. The molecule has 1 unspecified atom stereocenters. The van der Waals surface area contributed by atoms with Gasteiger partial charge >= 0.3 is 0 Å². The number of halogens is 1. The van der Waals surface area contributed by atoms with Gasteiger partial charge in [-0.15, -0.1) is 12.4 Å². The van der Waals surface area contributed by atoms with E-state index in [0.29, 0.717) is 30.9 Å². The normalized spacial score (nSPS) is 17.6. The molecule has 0 aliphatic carbocycles. The van der Waals surface area contributed by atoms with E-state index >= 15 is 0 Å². The molecule has 0 spiro atoms. The molecule has 0 saturated carbocycles. The van der Waals surface area contributed by atoms with Crippen LogP contribution in [0.4, 0.5) is 11.4 Å². The first-order valence-electron chi connectivity index (χ1n) is 7.00. The monoisotopic (exact) mass is 347 g/mol. The van der Waals surface area contributed by atoms with Crippen molar-refractivity contribution in [3.05, 3.63) is 24.3 Å². The Balaban J connectivity index is 0.00000242. The molecule has 22 heavy (non-hydrogen) atoms. The Morgan fingerprint density at radius 2 is 1.95 bits per heavy atom. The maximum Gasteiger partial charge on any atom is 0.235 e. The van der Waals surface area contributed by atoms with Gasteiger partial charge in [0.1, 0.15) is 0 Å². The highest BCUT2D eigenvalue weighted by molar-refractivity contribution is 7.93. The molecule has 1 fully saturated rings. The number of anilines is 2. The molecule has 1 amide bonds. The van der Waals surface area contributed by atoms with Gasteiger partial charge in [0.25, 0.3) is 0 Å². The van der Waals surface area contributed by atoms with E-state index in [-0.39, 0.29) is 30.0 Å². The van der Waals surface area contributed by atoms with Crippen molar-refractivity contribution < 1.29 is 13.2 Å². The molecule has 0 bridgehead atoms. The fraction of sp³-hybridized carbons (Fsp3) is 0.500. The summed E-state index contributed by atoms with van der Waals surface area (Å²) in [7, 11) is -1.36. The number of sulfonamides is 1. The Morgan fingerprint density at radius 1 is 1.32 bits per heavy atom. The summed E-state index contributed by atoms with van der Waals surface area (Å²) >= 11 is 0. The number of carbonyl (C=O) groups is 1. The molecule has 2 N–H and O–H groups in total. The van der Waals surface area contributed by atoms with Crippen molar-refractivity contribution in [2.75, 3.05) is 35.5 Å². The topological polar surface area (TPSA) is 78.5 Å². The number of rotatable bonds is 5. The van der Waals surface area contributed by atoms with Crippen LogP contribution in [0.5, 0.6) is 0 Å². The summed E-state index contributed by atoms with van der Waals surface area (Å²) in [6.07, 6.45) is 0.655. The number of benzene rings is 1. The van der Waals surface area contributed by atoms with E-state index in [4.69, 9.17) is 0 Å². The molecule has 1 aliphatic heterocycles. The first-order valence-corrected chi connectivity index (χ1v) is 8.61. The van der Waals surface area contributed by atoms with Crippen molar-refractivity contribution in [1.29, 1.82) is 0 Å². The molecule has 0 radical (unpaired) electrons. The average molecular weight is 348 g/mol. The summed E-state index contributed by atoms with van der Waals surface area (Å²) < 4.78 is 25.1. The molecule has 8 heteroatoms. The molecule has 0 aromatic heterocycles. The Labute approximate surface area is 137 Å². The summed E-state index contributed by atoms with van der Waals surface area (Å²) in [5, 5.41) is 5.77. The van der Waals surface area contributed by atoms with Gasteiger partial charge in [0.15, 0.2) is 0 Å². The van der Waals surface area contributed by atoms with Gasteiger partial charge in [0, 0.05) is 24.7 Å². The minimum Gasteiger partial charge on any atom is -0.326 e. The lowest BCUT2D eigenvalue weighted by molar-refractivity contribution is -0.119. The number of amides is 1. The maximum atomic E-state index is 11.9. The molecule has 1 aromatic carbocycles. The Kier molecular flexibility index (Phi) is 6.65. The molecular formula is C14H22ClN3O3S. The summed E-state index contributed by atoms with van der Waals surface area (Å²) in [6, 6.07) is 6.91. The SMILES string of the molecule is CNCC(C)C(=O)Nc1ccc(N2CCCS2(=O)=O)cc1.Cl. The summed E-state index contributed by atoms with van der Waals surface area (Å²) in [5.41, 5.74) is 1.32. The zero-order valence-corrected chi connectivity index (χ0v) is 14.3. The highest BCUT2D eigenvalue weighted by Crippen LogP contribution is 2.25. The van der Waals surface area contributed by atoms with E-state index in [9.17, 15) is 13.2 Å². The Bertz CT molecular complexity index is 604. The molecule has 6 nitrogen and oxygen atoms in total. The van der Waals surface area contributed by atoms with Crippen molar-refractivity contribution in [2.24, 2.45) is 5.92 Å². The predicted octanol–water partition coefficient (Wildman–Crippen LogP) is 1.44. The predicted molar refractivity (Wildman–Crippen MR) is 91.2 cm³/mol. The molecule has 1 aromatic rings. The van der Waals surface area contributed by atoms with Crippen LogP contribution >= 0.6 is 12.4 Å². The lowest BCUT2D eigenvalue weighted by atomic mass is 10.1. The van der Waals surface area contributed by atoms with Crippen molar-refractivity contribution in [3.8, 4) is 0 Å². The fourth-order valence-electron chi connectivity index (χ4n) is 2.30. The number of hydrogen-bond acceptors (Lipinski definition) is 4. The largest absolute Gasteiger partial charge is 0.326 e. The van der Waals surface area contributed by atoms with Gasteiger partial charge in [-0.25, -0.2) is 8.42 Å². The highest BCUT2D eigenvalue weighted by atomic mass is 35.5. The second-order valence-corrected chi connectivity index (χ2v) is 7.25. The van der Waals surface area contributed by atoms with Crippen molar-refractivity contribution in [1.82, 2.24) is 5.32 Å². The van der Waals surface area contributed by atoms with Crippen LogP contribution < -0.4 is 14.9 Å². The molecule has 2 rings (SSSR count). The molecule has 1 atom stereocenters. The average Bonchev–Trinajstić information content (AvgIpc) is 2.79. The van der Waals surface area contributed by atoms with E-state index in [1.165, 1.54) is 4.31 Å². The van der Waals surface area contributed by atoms with Gasteiger partial charge in [-0.2, -0.15) is 0 Å². The molecule has 124 valence electrons. The standard InChI is InChI=1S/C14H21N3O3S.ClH/c1-11(10-15-2)14(18)16-12-4-6-13(7-5-12)17-8-3-9-21(17,19)20;/h4-7,11,15H,3,8-10H2,1-2H3,(H,16,18);1H. The van der Waals surface area contributed by atoms with Crippen LogP contribution in [0.25, 0.3) is 0 Å². The van der Waals surface area contributed by atoms with Gasteiger partial charge in [0.2, 0.25) is 15.9 Å². The minimum atomic E-state index is -3.16. The van der Waals surface area contributed by atoms with Crippen LogP contribution in [0.1, 0.15) is 13.3 Å². The molecule has 1 saturated heterocycles. The Hall–Kier alpha value is -1.31. The van der Waals surface area contributed by atoms with Gasteiger partial charge in [-0.1, -0.05) is 6.92 Å². The van der Waals surface area contributed by atoms with E-state index in [1.807, 2.05) is 6.92 Å². The third-order valence-electron chi connectivity index (χ3n) is 3.48. The number of nitrogens with one attached hydrogen (secondary N) is 2. The number of carbonyl (C=O) groups excluding carboxylic acids is 1. The summed E-state index contributed by atoms with van der Waals surface area (Å²) in [5.74, 6) is 0.00653. The zero-order chi connectivity index (χ0) is 15.5. The van der Waals surface area contributed by atoms with Crippen molar-refractivity contribution in [2.45, 2.75) is 13.3 Å². The smallest absolute Gasteiger partial charge is 0.235 e. The third kappa shape index (κ3) is 4.34. The lowest BCUT2D eigenvalue weighted by Gasteiger charge is -2.17. The summed E-state index contributed by atoms with van der Waals surface area (Å²) in [6.45, 7) is 2.97. The van der Waals surface area contributed by atoms with Gasteiger partial charge in [-0.3, -0.25) is 9.10 Å². The van der Waals surface area contributed by atoms with Crippen LogP contribution in [0.2, 0.25) is 0 Å². The van der Waals surface area contributed by atoms with Crippen LogP contribution in [0.3, 0.4) is 0 Å². The summed E-state index contributed by atoms with van der Waals surface area (Å²) in [4.78, 5) is 11.9. The molecule has 1 aliphatic rings. The van der Waals surface area contributed by atoms with Crippen LogP contribution in [-0.4, -0.2) is 40.2 Å². The molecular weight excluding hydrogens is 326 g/mol. The zero-order valence-electron chi connectivity index (χ0n) is 12.7. The van der Waals surface area contributed by atoms with E-state index in [1.54, 1.807) is 31.3 Å². The van der Waals surface area contributed by atoms with E-state index in [0.717, 1.165) is 0 Å². The Morgan fingerprint density at radius 3 is 2.45 bits per heavy atom. The van der Waals surface area contributed by atoms with Gasteiger partial charge < -0.3 is 10.6 Å². The van der Waals surface area contributed by atoms with Crippen LogP contribution in [-0.2, 0) is 14.8 Å². The van der Waals surface area contributed by atoms with E-state index in [2.05, 4.69) is 10.6 Å². The van der Waals surface area contributed by atoms with Crippen molar-refractivity contribution in [3.63, 3.8) is 0 Å². The number of hydrogen-bond donors (Lipinski definition) is 2. The van der Waals surface area contributed by atoms with Crippen molar-refractivity contribution >= 4 is 39.7 Å². The highest BCUT2D eigenvalue weighted by Gasteiger charge is 2.28. The van der Waals surface area contributed by atoms with Gasteiger partial charge in [0.05, 0.1) is 11.4 Å². The third-order valence-corrected chi connectivity index (χ3v) is 5.35. The van der Waals surface area contributed by atoms with Gasteiger partial charge in [-0.05, 0) is 37.7 Å². The lowest BCUT2D eigenvalue weighted by Crippen LogP contribution is -2.28. The number of nitrogens with zero attached hydrogens (tertiary/aromatic N) is 1. The second-order valence-electron chi connectivity index (χ2n) is 5.24. The molecule has 1 heterocycles. The van der Waals surface area contributed by atoms with Crippen LogP contribution in [0.15, 0.2) is 24.3 Å². The fourth-order valence-corrected chi connectivity index (χ4v) is 3.87. The van der Waals surface area contributed by atoms with E-state index < -0.39 is 10.0 Å². The quantitative estimate of drug-likeness (QED) is 0.844.